The van der Waals surface area contributed by atoms with E-state index in [4.69, 9.17) is 0 Å². The summed E-state index contributed by atoms with van der Waals surface area (Å²) in [6, 6.07) is -2.42. The maximum atomic E-state index is 12.5. The van der Waals surface area contributed by atoms with Gasteiger partial charge in [0.15, 0.2) is 0 Å². The molecule has 1 aliphatic heterocycles. The molecule has 0 radical (unpaired) electrons. The Bertz CT molecular complexity index is 227. The minimum absolute atomic E-state index is 0. The van der Waals surface area contributed by atoms with Crippen LogP contribution < -0.4 is 5.32 Å². The van der Waals surface area contributed by atoms with Crippen molar-refractivity contribution in [1.82, 2.24) is 10.2 Å². The minimum atomic E-state index is -4.84. The summed E-state index contributed by atoms with van der Waals surface area (Å²) >= 11 is 0. The van der Waals surface area contributed by atoms with Gasteiger partial charge in [0.1, 0.15) is 6.04 Å². The Morgan fingerprint density at radius 3 is 1.72 bits per heavy atom. The first-order valence-electron chi connectivity index (χ1n) is 4.78. The molecule has 1 N–H and O–H groups in total. The summed E-state index contributed by atoms with van der Waals surface area (Å²) < 4.78 is 73.6. The summed E-state index contributed by atoms with van der Waals surface area (Å²) in [6.07, 6.45) is -11.5. The van der Waals surface area contributed by atoms with Crippen molar-refractivity contribution in [3.05, 3.63) is 0 Å². The Kier molecular flexibility index (Phi) is 8.63. The van der Waals surface area contributed by atoms with Crippen molar-refractivity contribution in [1.29, 1.82) is 0 Å². The van der Waals surface area contributed by atoms with Crippen LogP contribution in [0.4, 0.5) is 26.3 Å². The summed E-state index contributed by atoms with van der Waals surface area (Å²) in [5.41, 5.74) is 0. The molecule has 1 atom stereocenters. The number of nitrogens with zero attached hydrogens (tertiary/aromatic N) is 1. The lowest BCUT2D eigenvalue weighted by Gasteiger charge is -2.36. The highest BCUT2D eigenvalue weighted by molar-refractivity contribution is 5.85. The van der Waals surface area contributed by atoms with E-state index in [0.29, 0.717) is 0 Å². The largest absolute Gasteiger partial charge is 0.404 e. The minimum Gasteiger partial charge on any atom is -0.314 e. The second-order valence-corrected chi connectivity index (χ2v) is 3.66. The molecule has 1 fully saturated rings. The van der Waals surface area contributed by atoms with Crippen LogP contribution in [0.25, 0.3) is 0 Å². The van der Waals surface area contributed by atoms with Crippen molar-refractivity contribution >= 4 is 24.8 Å². The number of alkyl halides is 6. The molecule has 0 unspecified atom stereocenters. The predicted octanol–water partition coefficient (Wildman–Crippen LogP) is 2.62. The molecule has 0 spiro atoms. The molecule has 2 nitrogen and oxygen atoms in total. The van der Waals surface area contributed by atoms with Gasteiger partial charge in [0.2, 0.25) is 0 Å². The third-order valence-corrected chi connectivity index (χ3v) is 2.40. The lowest BCUT2D eigenvalue weighted by Crippen LogP contribution is -2.54. The van der Waals surface area contributed by atoms with E-state index in [9.17, 15) is 26.3 Å². The van der Waals surface area contributed by atoms with Gasteiger partial charge in [-0.2, -0.15) is 26.3 Å². The molecule has 1 aliphatic rings. The maximum Gasteiger partial charge on any atom is 0.404 e. The van der Waals surface area contributed by atoms with Crippen molar-refractivity contribution in [3.8, 4) is 0 Å². The van der Waals surface area contributed by atoms with Gasteiger partial charge in [-0.15, -0.1) is 24.8 Å². The lowest BCUT2D eigenvalue weighted by molar-refractivity contribution is -0.225. The quantitative estimate of drug-likeness (QED) is 0.786. The molecule has 112 valence electrons. The summed E-state index contributed by atoms with van der Waals surface area (Å²) in [7, 11) is 0. The van der Waals surface area contributed by atoms with Crippen LogP contribution in [0.1, 0.15) is 6.42 Å². The second-order valence-electron chi connectivity index (χ2n) is 3.66. The summed E-state index contributed by atoms with van der Waals surface area (Å²) in [6.45, 7) is 0.537. The van der Waals surface area contributed by atoms with Crippen molar-refractivity contribution < 1.29 is 26.3 Å². The van der Waals surface area contributed by atoms with Gasteiger partial charge in [-0.3, -0.25) is 4.90 Å². The Morgan fingerprint density at radius 2 is 1.39 bits per heavy atom. The van der Waals surface area contributed by atoms with Gasteiger partial charge in [-0.05, 0) is 0 Å². The van der Waals surface area contributed by atoms with Gasteiger partial charge >= 0.3 is 12.4 Å². The average Bonchev–Trinajstić information content (AvgIpc) is 2.13. The second kappa shape index (κ2) is 7.62. The van der Waals surface area contributed by atoms with Crippen LogP contribution in [0.3, 0.4) is 0 Å². The van der Waals surface area contributed by atoms with E-state index in [1.54, 1.807) is 0 Å². The van der Waals surface area contributed by atoms with E-state index >= 15 is 0 Å². The molecule has 18 heavy (non-hydrogen) atoms. The van der Waals surface area contributed by atoms with Crippen molar-refractivity contribution in [2.75, 3.05) is 26.2 Å². The first-order valence-corrected chi connectivity index (χ1v) is 4.78. The third kappa shape index (κ3) is 6.86. The average molecular weight is 323 g/mol. The lowest BCUT2D eigenvalue weighted by atomic mass is 10.1. The molecule has 0 saturated carbocycles. The van der Waals surface area contributed by atoms with Crippen LogP contribution in [0.2, 0.25) is 0 Å². The third-order valence-electron chi connectivity index (χ3n) is 2.40. The molecule has 0 amide bonds. The zero-order valence-electron chi connectivity index (χ0n) is 9.14. The smallest absolute Gasteiger partial charge is 0.314 e. The summed E-state index contributed by atoms with van der Waals surface area (Å²) in [4.78, 5) is 0.837. The van der Waals surface area contributed by atoms with E-state index < -0.39 is 24.8 Å². The van der Waals surface area contributed by atoms with Gasteiger partial charge in [0, 0.05) is 26.2 Å². The van der Waals surface area contributed by atoms with E-state index in [1.165, 1.54) is 0 Å². The topological polar surface area (TPSA) is 15.3 Å². The molecule has 0 aromatic rings. The Balaban J connectivity index is 0. The number of hydrogen-bond acceptors (Lipinski definition) is 2. The highest BCUT2D eigenvalue weighted by Crippen LogP contribution is 2.34. The number of nitrogens with one attached hydrogen (secondary N) is 1. The first-order chi connectivity index (χ1) is 7.20. The highest BCUT2D eigenvalue weighted by atomic mass is 35.5. The van der Waals surface area contributed by atoms with Crippen LogP contribution in [0.5, 0.6) is 0 Å². The van der Waals surface area contributed by atoms with Crippen LogP contribution in [0.15, 0.2) is 0 Å². The SMILES string of the molecule is Cl.Cl.FC(F)(F)C[C@@H](N1CCNCC1)C(F)(F)F. The molecule has 0 aromatic carbocycles. The Hall–Kier alpha value is 0.0800. The van der Waals surface area contributed by atoms with E-state index in [2.05, 4.69) is 5.32 Å². The molecule has 1 saturated heterocycles. The van der Waals surface area contributed by atoms with Crippen LogP contribution in [0, 0.1) is 0 Å². The molecule has 0 aliphatic carbocycles. The van der Waals surface area contributed by atoms with Crippen molar-refractivity contribution in [3.63, 3.8) is 0 Å². The standard InChI is InChI=1S/C8H12F6N2.2ClH/c9-7(10,11)5-6(8(12,13)14)16-3-1-15-2-4-16;;/h6,15H,1-5H2;2*1H/t6-;;/m1../s1. The number of halogens is 8. The van der Waals surface area contributed by atoms with Crippen LogP contribution >= 0.6 is 24.8 Å². The Labute approximate surface area is 113 Å². The fourth-order valence-corrected chi connectivity index (χ4v) is 1.66. The molecular formula is C8H14Cl2F6N2. The zero-order chi connectivity index (χ0) is 12.4. The van der Waals surface area contributed by atoms with E-state index in [-0.39, 0.29) is 51.0 Å². The molecule has 1 rings (SSSR count). The van der Waals surface area contributed by atoms with Gasteiger partial charge < -0.3 is 5.32 Å². The fourth-order valence-electron chi connectivity index (χ4n) is 1.66. The first kappa shape index (κ1) is 20.4. The molecule has 0 aromatic heterocycles. The van der Waals surface area contributed by atoms with Crippen molar-refractivity contribution in [2.24, 2.45) is 0 Å². The van der Waals surface area contributed by atoms with Gasteiger partial charge in [0.05, 0.1) is 6.42 Å². The number of rotatable bonds is 2. The fraction of sp³-hybridized carbons (Fsp3) is 1.00. The summed E-state index contributed by atoms with van der Waals surface area (Å²) in [5.74, 6) is 0. The Morgan fingerprint density at radius 1 is 0.944 bits per heavy atom. The van der Waals surface area contributed by atoms with Gasteiger partial charge in [0.25, 0.3) is 0 Å². The van der Waals surface area contributed by atoms with Crippen LogP contribution in [-0.4, -0.2) is 49.5 Å². The van der Waals surface area contributed by atoms with E-state index in [0.717, 1.165) is 4.90 Å². The normalized spacial score (nSPS) is 19.7. The highest BCUT2D eigenvalue weighted by Gasteiger charge is 2.49. The number of piperazine rings is 1. The molecule has 1 heterocycles. The van der Waals surface area contributed by atoms with Gasteiger partial charge in [-0.25, -0.2) is 0 Å². The zero-order valence-corrected chi connectivity index (χ0v) is 10.8. The maximum absolute atomic E-state index is 12.5. The van der Waals surface area contributed by atoms with Crippen molar-refractivity contribution in [2.45, 2.75) is 24.8 Å². The molecule has 10 heteroatoms. The molecular weight excluding hydrogens is 309 g/mol. The molecule has 0 bridgehead atoms. The number of hydrogen-bond donors (Lipinski definition) is 1. The van der Waals surface area contributed by atoms with Gasteiger partial charge in [-0.1, -0.05) is 0 Å². The van der Waals surface area contributed by atoms with E-state index in [1.807, 2.05) is 0 Å². The predicted molar refractivity (Wildman–Crippen MR) is 59.5 cm³/mol. The summed E-state index contributed by atoms with van der Waals surface area (Å²) in [5, 5.41) is 2.79. The van der Waals surface area contributed by atoms with Crippen LogP contribution in [-0.2, 0) is 0 Å². The monoisotopic (exact) mass is 322 g/mol.